The van der Waals surface area contributed by atoms with Crippen molar-refractivity contribution in [1.82, 2.24) is 24.5 Å². The number of aromatic nitrogens is 5. The van der Waals surface area contributed by atoms with E-state index in [4.69, 9.17) is 0 Å². The van der Waals surface area contributed by atoms with Gasteiger partial charge in [0.2, 0.25) is 0 Å². The Bertz CT molecular complexity index is 853. The fourth-order valence-corrected chi connectivity index (χ4v) is 3.34. The van der Waals surface area contributed by atoms with Gasteiger partial charge in [0.05, 0.1) is 11.4 Å². The Morgan fingerprint density at radius 3 is 2.54 bits per heavy atom. The van der Waals surface area contributed by atoms with Crippen LogP contribution >= 0.6 is 11.8 Å². The number of aryl methyl sites for hydroxylation is 3. The summed E-state index contributed by atoms with van der Waals surface area (Å²) in [7, 11) is 0. The average Bonchev–Trinajstić information content (AvgIpc) is 3.15. The minimum atomic E-state index is -0.0636. The maximum absolute atomic E-state index is 12.4. The molecule has 2 heterocycles. The van der Waals surface area contributed by atoms with Crippen LogP contribution in [0.3, 0.4) is 0 Å². The normalized spacial score (nSPS) is 11.0. The summed E-state index contributed by atoms with van der Waals surface area (Å²) in [5, 5.41) is 13.4. The molecule has 6 nitrogen and oxygen atoms in total. The summed E-state index contributed by atoms with van der Waals surface area (Å²) in [4.78, 5) is 12.4. The van der Waals surface area contributed by atoms with Gasteiger partial charge in [0, 0.05) is 17.8 Å². The predicted octanol–water partition coefficient (Wildman–Crippen LogP) is 3.08. The molecule has 1 aromatic carbocycles. The first-order valence-corrected chi connectivity index (χ1v) is 8.77. The smallest absolute Gasteiger partial charge is 0.257 e. The molecule has 0 aliphatic heterocycles. The minimum absolute atomic E-state index is 0.0636. The number of rotatable bonds is 5. The topological polar surface area (TPSA) is 65.6 Å². The van der Waals surface area contributed by atoms with Crippen LogP contribution < -0.4 is 0 Å². The largest absolute Gasteiger partial charge is 0.274 e. The molecule has 24 heavy (non-hydrogen) atoms. The molecule has 124 valence electrons. The van der Waals surface area contributed by atoms with Crippen molar-refractivity contribution >= 4 is 17.7 Å². The lowest BCUT2D eigenvalue weighted by molar-refractivity contribution is 0.0924. The second-order valence-corrected chi connectivity index (χ2v) is 6.39. The quantitative estimate of drug-likeness (QED) is 0.667. The molecule has 0 aliphatic carbocycles. The zero-order valence-electron chi connectivity index (χ0n) is 13.9. The summed E-state index contributed by atoms with van der Waals surface area (Å²) < 4.78 is 3.45. The van der Waals surface area contributed by atoms with E-state index in [9.17, 15) is 4.79 Å². The first kappa shape index (κ1) is 16.4. The predicted molar refractivity (Wildman–Crippen MR) is 93.8 cm³/mol. The molecule has 3 aromatic rings. The van der Waals surface area contributed by atoms with E-state index in [1.165, 1.54) is 16.4 Å². The van der Waals surface area contributed by atoms with E-state index in [0.717, 1.165) is 29.3 Å². The summed E-state index contributed by atoms with van der Waals surface area (Å²) >= 11 is 1.38. The molecular weight excluding hydrogens is 322 g/mol. The van der Waals surface area contributed by atoms with Gasteiger partial charge in [-0.3, -0.25) is 9.36 Å². The Hall–Kier alpha value is -2.41. The molecule has 0 fully saturated rings. The van der Waals surface area contributed by atoms with Crippen LogP contribution in [0.1, 0.15) is 28.9 Å². The highest BCUT2D eigenvalue weighted by molar-refractivity contribution is 7.99. The van der Waals surface area contributed by atoms with Gasteiger partial charge >= 0.3 is 0 Å². The number of benzene rings is 1. The van der Waals surface area contributed by atoms with Gasteiger partial charge in [0.25, 0.3) is 5.91 Å². The number of para-hydroxylation sites is 1. The first-order valence-electron chi connectivity index (χ1n) is 7.79. The highest BCUT2D eigenvalue weighted by Crippen LogP contribution is 2.22. The number of carbonyl (C=O) groups excluding carboxylic acids is 1. The van der Waals surface area contributed by atoms with E-state index in [-0.39, 0.29) is 11.7 Å². The van der Waals surface area contributed by atoms with Crippen molar-refractivity contribution in [3.05, 3.63) is 53.6 Å². The molecule has 0 saturated heterocycles. The van der Waals surface area contributed by atoms with Gasteiger partial charge in [-0.15, -0.1) is 10.2 Å². The highest BCUT2D eigenvalue weighted by atomic mass is 32.2. The van der Waals surface area contributed by atoms with Crippen molar-refractivity contribution in [2.24, 2.45) is 0 Å². The lowest BCUT2D eigenvalue weighted by Gasteiger charge is -2.09. The van der Waals surface area contributed by atoms with E-state index in [1.54, 1.807) is 0 Å². The Balaban J connectivity index is 1.82. The molecule has 0 radical (unpaired) electrons. The molecule has 3 rings (SSSR count). The summed E-state index contributed by atoms with van der Waals surface area (Å²) in [5.74, 6) is 1.07. The number of hydrogen-bond acceptors (Lipinski definition) is 5. The van der Waals surface area contributed by atoms with Crippen molar-refractivity contribution in [3.8, 4) is 5.69 Å². The van der Waals surface area contributed by atoms with Crippen LogP contribution in [-0.4, -0.2) is 36.2 Å². The summed E-state index contributed by atoms with van der Waals surface area (Å²) in [5.41, 5.74) is 2.68. The van der Waals surface area contributed by atoms with Crippen molar-refractivity contribution < 1.29 is 4.79 Å². The van der Waals surface area contributed by atoms with Gasteiger partial charge in [-0.1, -0.05) is 36.9 Å². The standard InChI is InChI=1S/C17H19N5OS/c1-4-15-18-19-17(21(15)14-8-6-5-7-9-14)24-11-16(23)22-13(3)10-12(2)20-22/h5-10H,4,11H2,1-3H3. The van der Waals surface area contributed by atoms with E-state index < -0.39 is 0 Å². The van der Waals surface area contributed by atoms with Crippen LogP contribution in [0.2, 0.25) is 0 Å². The lowest BCUT2D eigenvalue weighted by atomic mass is 10.3. The van der Waals surface area contributed by atoms with Gasteiger partial charge in [-0.05, 0) is 32.0 Å². The van der Waals surface area contributed by atoms with Crippen molar-refractivity contribution in [2.45, 2.75) is 32.3 Å². The molecule has 0 atom stereocenters. The Labute approximate surface area is 144 Å². The number of carbonyl (C=O) groups is 1. The van der Waals surface area contributed by atoms with E-state index >= 15 is 0 Å². The van der Waals surface area contributed by atoms with Gasteiger partial charge in [0.1, 0.15) is 5.82 Å². The summed E-state index contributed by atoms with van der Waals surface area (Å²) in [6, 6.07) is 11.8. The van der Waals surface area contributed by atoms with Crippen LogP contribution in [0.5, 0.6) is 0 Å². The average molecular weight is 341 g/mol. The Kier molecular flexibility index (Phi) is 4.80. The maximum atomic E-state index is 12.4. The van der Waals surface area contributed by atoms with Crippen molar-refractivity contribution in [2.75, 3.05) is 5.75 Å². The van der Waals surface area contributed by atoms with Gasteiger partial charge in [-0.2, -0.15) is 5.10 Å². The molecule has 7 heteroatoms. The zero-order valence-corrected chi connectivity index (χ0v) is 14.7. The lowest BCUT2D eigenvalue weighted by Crippen LogP contribution is -2.16. The van der Waals surface area contributed by atoms with Crippen LogP contribution in [0, 0.1) is 13.8 Å². The molecule has 0 bridgehead atoms. The number of nitrogens with zero attached hydrogens (tertiary/aromatic N) is 5. The summed E-state index contributed by atoms with van der Waals surface area (Å²) in [6.07, 6.45) is 0.772. The molecule has 2 aromatic heterocycles. The fourth-order valence-electron chi connectivity index (χ4n) is 2.53. The molecule has 0 amide bonds. The third-order valence-corrected chi connectivity index (χ3v) is 4.52. The third-order valence-electron chi connectivity index (χ3n) is 3.60. The summed E-state index contributed by atoms with van der Waals surface area (Å²) in [6.45, 7) is 5.80. The second-order valence-electron chi connectivity index (χ2n) is 5.44. The maximum Gasteiger partial charge on any atom is 0.257 e. The molecule has 0 N–H and O–H groups in total. The second kappa shape index (κ2) is 7.00. The number of thioether (sulfide) groups is 1. The van der Waals surface area contributed by atoms with Gasteiger partial charge in [-0.25, -0.2) is 4.68 Å². The van der Waals surface area contributed by atoms with Crippen LogP contribution in [-0.2, 0) is 6.42 Å². The van der Waals surface area contributed by atoms with Gasteiger partial charge in [0.15, 0.2) is 5.16 Å². The fraction of sp³-hybridized carbons (Fsp3) is 0.294. The Morgan fingerprint density at radius 2 is 1.92 bits per heavy atom. The van der Waals surface area contributed by atoms with E-state index in [0.29, 0.717) is 5.16 Å². The van der Waals surface area contributed by atoms with Crippen molar-refractivity contribution in [3.63, 3.8) is 0 Å². The monoisotopic (exact) mass is 341 g/mol. The molecule has 0 saturated carbocycles. The Morgan fingerprint density at radius 1 is 1.17 bits per heavy atom. The molecular formula is C17H19N5OS. The number of hydrogen-bond donors (Lipinski definition) is 0. The van der Waals surface area contributed by atoms with Crippen molar-refractivity contribution in [1.29, 1.82) is 0 Å². The zero-order chi connectivity index (χ0) is 17.1. The minimum Gasteiger partial charge on any atom is -0.274 e. The first-order chi connectivity index (χ1) is 11.6. The molecule has 0 aliphatic rings. The van der Waals surface area contributed by atoms with Crippen LogP contribution in [0.4, 0.5) is 0 Å². The highest BCUT2D eigenvalue weighted by Gasteiger charge is 2.16. The molecule has 0 spiro atoms. The van der Waals surface area contributed by atoms with Gasteiger partial charge < -0.3 is 0 Å². The van der Waals surface area contributed by atoms with E-state index in [2.05, 4.69) is 15.3 Å². The van der Waals surface area contributed by atoms with Crippen LogP contribution in [0.25, 0.3) is 5.69 Å². The van der Waals surface area contributed by atoms with Crippen LogP contribution in [0.15, 0.2) is 41.6 Å². The third kappa shape index (κ3) is 3.26. The molecule has 0 unspecified atom stereocenters. The SMILES string of the molecule is CCc1nnc(SCC(=O)n2nc(C)cc2C)n1-c1ccccc1. The van der Waals surface area contributed by atoms with E-state index in [1.807, 2.05) is 61.7 Å².